The summed E-state index contributed by atoms with van der Waals surface area (Å²) in [5.74, 6) is 0.218. The van der Waals surface area contributed by atoms with Crippen LogP contribution in [0.15, 0.2) is 52.3 Å². The lowest BCUT2D eigenvalue weighted by atomic mass is 10.0. The van der Waals surface area contributed by atoms with Crippen molar-refractivity contribution in [3.63, 3.8) is 0 Å². The fourth-order valence-corrected chi connectivity index (χ4v) is 3.27. The molecule has 2 aromatic rings. The number of aryl methyl sites for hydroxylation is 1. The Bertz CT molecular complexity index is 602. The van der Waals surface area contributed by atoms with Gasteiger partial charge in [-0.2, -0.15) is 0 Å². The van der Waals surface area contributed by atoms with Gasteiger partial charge in [0.25, 0.3) is 0 Å². The molecule has 3 rings (SSSR count). The van der Waals surface area contributed by atoms with Crippen LogP contribution < -0.4 is 0 Å². The lowest BCUT2D eigenvalue weighted by molar-refractivity contribution is 0.0990. The Labute approximate surface area is 105 Å². The van der Waals surface area contributed by atoms with Crippen molar-refractivity contribution in [1.29, 1.82) is 0 Å². The van der Waals surface area contributed by atoms with Crippen LogP contribution >= 0.6 is 11.8 Å². The average Bonchev–Trinajstić information content (AvgIpc) is 2.46. The molecule has 0 spiro atoms. The van der Waals surface area contributed by atoms with Crippen molar-refractivity contribution in [2.45, 2.75) is 23.1 Å². The first-order valence-electron chi connectivity index (χ1n) is 5.63. The van der Waals surface area contributed by atoms with E-state index in [1.807, 2.05) is 24.3 Å². The fourth-order valence-electron chi connectivity index (χ4n) is 2.08. The summed E-state index contributed by atoms with van der Waals surface area (Å²) in [7, 11) is 0. The molecule has 0 amide bonds. The minimum Gasteiger partial charge on any atom is -0.294 e. The van der Waals surface area contributed by atoms with Gasteiger partial charge in [-0.05, 0) is 30.2 Å². The normalized spacial score (nSPS) is 13.8. The van der Waals surface area contributed by atoms with E-state index in [0.29, 0.717) is 6.42 Å². The Morgan fingerprint density at radius 2 is 1.88 bits per heavy atom. The number of carbonyl (C=O) groups is 1. The second-order valence-electron chi connectivity index (χ2n) is 4.31. The van der Waals surface area contributed by atoms with Crippen LogP contribution in [0.3, 0.4) is 0 Å². The second kappa shape index (κ2) is 4.04. The van der Waals surface area contributed by atoms with Gasteiger partial charge in [0, 0.05) is 21.8 Å². The van der Waals surface area contributed by atoms with Crippen molar-refractivity contribution in [1.82, 2.24) is 0 Å². The number of carbonyl (C=O) groups excluding carboxylic acids is 1. The van der Waals surface area contributed by atoms with Crippen LogP contribution in [0.5, 0.6) is 0 Å². The van der Waals surface area contributed by atoms with Crippen LogP contribution in [0.2, 0.25) is 0 Å². The molecule has 0 N–H and O–H groups in total. The summed E-state index contributed by atoms with van der Waals surface area (Å²) >= 11 is 1.70. The number of Topliss-reactive ketones (excluding diaryl/α,β-unsaturated/α-hetero) is 1. The summed E-state index contributed by atoms with van der Waals surface area (Å²) in [6.45, 7) is 2.08. The molecule has 1 aliphatic rings. The molecule has 0 atom stereocenters. The molecule has 0 aromatic heterocycles. The molecule has 84 valence electrons. The quantitative estimate of drug-likeness (QED) is 0.695. The first-order chi connectivity index (χ1) is 8.24. The van der Waals surface area contributed by atoms with Gasteiger partial charge in [0.05, 0.1) is 0 Å². The highest BCUT2D eigenvalue weighted by Crippen LogP contribution is 2.37. The van der Waals surface area contributed by atoms with E-state index in [1.54, 1.807) is 11.8 Å². The van der Waals surface area contributed by atoms with Gasteiger partial charge in [0.1, 0.15) is 0 Å². The van der Waals surface area contributed by atoms with Gasteiger partial charge in [-0.1, -0.05) is 42.1 Å². The molecule has 17 heavy (non-hydrogen) atoms. The largest absolute Gasteiger partial charge is 0.294 e. The maximum atomic E-state index is 12.1. The average molecular weight is 240 g/mol. The van der Waals surface area contributed by atoms with Crippen LogP contribution in [0.4, 0.5) is 0 Å². The molecular weight excluding hydrogens is 228 g/mol. The molecular formula is C15H12OS. The number of hydrogen-bond acceptors (Lipinski definition) is 2. The third-order valence-electron chi connectivity index (χ3n) is 2.98. The van der Waals surface area contributed by atoms with Gasteiger partial charge in [-0.25, -0.2) is 0 Å². The van der Waals surface area contributed by atoms with E-state index in [1.165, 1.54) is 10.5 Å². The van der Waals surface area contributed by atoms with Gasteiger partial charge < -0.3 is 0 Å². The predicted octanol–water partition coefficient (Wildman–Crippen LogP) is 3.89. The first-order valence-corrected chi connectivity index (χ1v) is 6.45. The van der Waals surface area contributed by atoms with Gasteiger partial charge in [0.2, 0.25) is 0 Å². The number of fused-ring (bicyclic) bond motifs is 2. The maximum absolute atomic E-state index is 12.1. The molecule has 0 saturated heterocycles. The van der Waals surface area contributed by atoms with Crippen LogP contribution in [0.1, 0.15) is 21.5 Å². The molecule has 1 nitrogen and oxygen atoms in total. The summed E-state index contributed by atoms with van der Waals surface area (Å²) in [6.07, 6.45) is 0.514. The zero-order valence-corrected chi connectivity index (χ0v) is 10.4. The fraction of sp³-hybridized carbons (Fsp3) is 0.133. The molecule has 1 aliphatic heterocycles. The van der Waals surface area contributed by atoms with Gasteiger partial charge in [-0.3, -0.25) is 4.79 Å². The van der Waals surface area contributed by atoms with Crippen molar-refractivity contribution in [3.8, 4) is 0 Å². The molecule has 0 fully saturated rings. The number of benzene rings is 2. The third-order valence-corrected chi connectivity index (χ3v) is 4.16. The number of rotatable bonds is 0. The predicted molar refractivity (Wildman–Crippen MR) is 69.8 cm³/mol. The van der Waals surface area contributed by atoms with Crippen molar-refractivity contribution in [2.24, 2.45) is 0 Å². The van der Waals surface area contributed by atoms with Crippen molar-refractivity contribution in [2.75, 3.05) is 0 Å². The molecule has 2 aromatic carbocycles. The van der Waals surface area contributed by atoms with E-state index >= 15 is 0 Å². The molecule has 0 bridgehead atoms. The molecule has 0 saturated carbocycles. The number of ketones is 1. The van der Waals surface area contributed by atoms with E-state index < -0.39 is 0 Å². The smallest absolute Gasteiger partial charge is 0.168 e. The third kappa shape index (κ3) is 1.89. The Morgan fingerprint density at radius 1 is 1.06 bits per heavy atom. The highest BCUT2D eigenvalue weighted by Gasteiger charge is 2.19. The first kappa shape index (κ1) is 10.6. The minimum absolute atomic E-state index is 0.218. The van der Waals surface area contributed by atoms with Crippen LogP contribution in [0.25, 0.3) is 0 Å². The zero-order chi connectivity index (χ0) is 11.8. The monoisotopic (exact) mass is 240 g/mol. The molecule has 2 heteroatoms. The van der Waals surface area contributed by atoms with E-state index in [4.69, 9.17) is 0 Å². The topological polar surface area (TPSA) is 17.1 Å². The highest BCUT2D eigenvalue weighted by atomic mass is 32.2. The SMILES string of the molecule is Cc1ccc2c(c1)Sc1ccccc1C(=O)C2. The van der Waals surface area contributed by atoms with Crippen molar-refractivity contribution in [3.05, 3.63) is 59.2 Å². The Hall–Kier alpha value is -1.54. The van der Waals surface area contributed by atoms with E-state index in [9.17, 15) is 4.79 Å². The van der Waals surface area contributed by atoms with Crippen molar-refractivity contribution >= 4 is 17.5 Å². The van der Waals surface area contributed by atoms with E-state index in [0.717, 1.165) is 16.0 Å². The molecule has 0 aliphatic carbocycles. The molecule has 0 radical (unpaired) electrons. The Balaban J connectivity index is 2.18. The van der Waals surface area contributed by atoms with Crippen molar-refractivity contribution < 1.29 is 4.79 Å². The Kier molecular flexibility index (Phi) is 2.52. The maximum Gasteiger partial charge on any atom is 0.168 e. The summed E-state index contributed by atoms with van der Waals surface area (Å²) in [6, 6.07) is 14.2. The molecule has 0 unspecified atom stereocenters. The lowest BCUT2D eigenvalue weighted by Crippen LogP contribution is -2.02. The summed E-state index contributed by atoms with van der Waals surface area (Å²) in [4.78, 5) is 14.4. The summed E-state index contributed by atoms with van der Waals surface area (Å²) in [5, 5.41) is 0. The van der Waals surface area contributed by atoms with E-state index in [-0.39, 0.29) is 5.78 Å². The van der Waals surface area contributed by atoms with Gasteiger partial charge >= 0.3 is 0 Å². The lowest BCUT2D eigenvalue weighted by Gasteiger charge is -2.05. The van der Waals surface area contributed by atoms with E-state index in [2.05, 4.69) is 25.1 Å². The van der Waals surface area contributed by atoms with Crippen LogP contribution in [0, 0.1) is 6.92 Å². The van der Waals surface area contributed by atoms with Gasteiger partial charge in [-0.15, -0.1) is 0 Å². The van der Waals surface area contributed by atoms with Crippen LogP contribution in [-0.4, -0.2) is 5.78 Å². The van der Waals surface area contributed by atoms with Gasteiger partial charge in [0.15, 0.2) is 5.78 Å². The summed E-state index contributed by atoms with van der Waals surface area (Å²) in [5.41, 5.74) is 3.23. The number of hydrogen-bond donors (Lipinski definition) is 0. The molecule has 1 heterocycles. The van der Waals surface area contributed by atoms with Crippen LogP contribution in [-0.2, 0) is 6.42 Å². The zero-order valence-electron chi connectivity index (χ0n) is 9.57. The standard InChI is InChI=1S/C15H12OS/c1-10-6-7-11-9-13(16)12-4-2-3-5-14(12)17-15(11)8-10/h2-8H,9H2,1H3. The second-order valence-corrected chi connectivity index (χ2v) is 5.39. The Morgan fingerprint density at radius 3 is 2.76 bits per heavy atom. The minimum atomic E-state index is 0.218. The highest BCUT2D eigenvalue weighted by molar-refractivity contribution is 7.99. The summed E-state index contributed by atoms with van der Waals surface area (Å²) < 4.78 is 0.